The molecule has 3 aromatic heterocycles. The van der Waals surface area contributed by atoms with Crippen LogP contribution in [-0.4, -0.2) is 65.6 Å². The van der Waals surface area contributed by atoms with Crippen LogP contribution in [0.3, 0.4) is 0 Å². The molecule has 0 spiro atoms. The van der Waals surface area contributed by atoms with E-state index in [9.17, 15) is 19.5 Å². The van der Waals surface area contributed by atoms with E-state index < -0.39 is 17.9 Å². The van der Waals surface area contributed by atoms with Gasteiger partial charge in [0.05, 0.1) is 13.4 Å². The number of aliphatic hydroxyl groups excluding tert-OH is 1. The number of methoxy groups -OCH3 is 1. The maximum absolute atomic E-state index is 14.2. The van der Waals surface area contributed by atoms with Crippen LogP contribution in [0.2, 0.25) is 0 Å². The van der Waals surface area contributed by atoms with Crippen molar-refractivity contribution in [1.82, 2.24) is 15.0 Å². The first-order chi connectivity index (χ1) is 25.4. The van der Waals surface area contributed by atoms with Crippen LogP contribution in [0.25, 0.3) is 41.5 Å². The van der Waals surface area contributed by atoms with E-state index in [-0.39, 0.29) is 59.7 Å². The van der Waals surface area contributed by atoms with E-state index >= 15 is 0 Å². The molecule has 0 amide bonds. The van der Waals surface area contributed by atoms with Crippen molar-refractivity contribution in [2.45, 2.75) is 79.7 Å². The van der Waals surface area contributed by atoms with E-state index in [1.165, 1.54) is 12.7 Å². The van der Waals surface area contributed by atoms with Gasteiger partial charge < -0.3 is 34.8 Å². The molecule has 1 N–H and O–H groups in total. The van der Waals surface area contributed by atoms with Gasteiger partial charge in [-0.15, -0.1) is 33.1 Å². The van der Waals surface area contributed by atoms with Crippen molar-refractivity contribution in [2.75, 3.05) is 13.7 Å². The Labute approximate surface area is 332 Å². The second-order valence-electron chi connectivity index (χ2n) is 14.8. The Morgan fingerprint density at radius 2 is 1.80 bits per heavy atom. The summed E-state index contributed by atoms with van der Waals surface area (Å²) in [7, 11) is 1.27. The van der Waals surface area contributed by atoms with Gasteiger partial charge in [0.25, 0.3) is 0 Å². The summed E-state index contributed by atoms with van der Waals surface area (Å²) in [6, 6.07) is 1.09. The minimum absolute atomic E-state index is 0. The molecule has 3 aliphatic rings. The number of Topliss-reactive ketones (excluding diaryl/α,β-unsaturated/α-hetero) is 1. The third-order valence-corrected chi connectivity index (χ3v) is 10.9. The first-order valence-electron chi connectivity index (χ1n) is 18.4. The molecular formula is C43H48MgN4O6-2. The van der Waals surface area contributed by atoms with Crippen molar-refractivity contribution in [1.29, 1.82) is 0 Å². The van der Waals surface area contributed by atoms with Gasteiger partial charge in [0.2, 0.25) is 0 Å². The topological polar surface area (TPSA) is 146 Å². The molecule has 54 heavy (non-hydrogen) atoms. The minimum Gasteiger partial charge on any atom is -0.681 e. The van der Waals surface area contributed by atoms with Crippen molar-refractivity contribution >= 4 is 76.9 Å². The second-order valence-corrected chi connectivity index (χ2v) is 14.8. The van der Waals surface area contributed by atoms with Crippen LogP contribution >= 0.6 is 0 Å². The molecule has 280 valence electrons. The maximum atomic E-state index is 14.2. The van der Waals surface area contributed by atoms with Crippen LogP contribution in [0.5, 0.6) is 0 Å². The average molecular weight is 741 g/mol. The normalized spacial score (nSPS) is 22.8. The number of ether oxygens (including phenoxy) is 2. The molecule has 5 heterocycles. The molecule has 1 saturated heterocycles. The molecule has 0 radical (unpaired) electrons. The summed E-state index contributed by atoms with van der Waals surface area (Å²) in [5.41, 5.74) is 6.97. The minimum atomic E-state index is -1.21. The molecule has 1 aliphatic carbocycles. The predicted molar refractivity (Wildman–Crippen MR) is 211 cm³/mol. The molecule has 1 unspecified atom stereocenters. The van der Waals surface area contributed by atoms with Crippen molar-refractivity contribution in [3.8, 4) is 0 Å². The van der Waals surface area contributed by atoms with E-state index in [0.717, 1.165) is 42.3 Å². The summed E-state index contributed by atoms with van der Waals surface area (Å²) >= 11 is 0. The van der Waals surface area contributed by atoms with Crippen LogP contribution in [0, 0.1) is 37.5 Å². The summed E-state index contributed by atoms with van der Waals surface area (Å²) in [5, 5.41) is 17.3. The number of hydrogen-bond acceptors (Lipinski definition) is 6. The van der Waals surface area contributed by atoms with E-state index in [2.05, 4.69) is 34.3 Å². The number of carbonyl (C=O) groups is 3. The second kappa shape index (κ2) is 16.9. The number of hydrogen-bond donors (Lipinski definition) is 1. The molecule has 4 atom stereocenters. The van der Waals surface area contributed by atoms with Gasteiger partial charge in [0.15, 0.2) is 5.78 Å². The zero-order valence-corrected chi connectivity index (χ0v) is 33.8. The smallest absolute Gasteiger partial charge is 0.681 e. The number of rotatable bonds is 11. The summed E-state index contributed by atoms with van der Waals surface area (Å²) in [6.45, 7) is 16.6. The molecule has 6 rings (SSSR count). The third kappa shape index (κ3) is 7.84. The number of ketones is 1. The van der Waals surface area contributed by atoms with Crippen LogP contribution in [0.15, 0.2) is 30.0 Å². The van der Waals surface area contributed by atoms with Crippen molar-refractivity contribution in [3.05, 3.63) is 95.9 Å². The van der Waals surface area contributed by atoms with Gasteiger partial charge in [0, 0.05) is 12.0 Å². The molecule has 10 nitrogen and oxygen atoms in total. The molecule has 0 saturated carbocycles. The quantitative estimate of drug-likeness (QED) is 0.134. The number of carbonyl (C=O) groups excluding carboxylic acids is 3. The van der Waals surface area contributed by atoms with Crippen LogP contribution < -0.4 is 36.2 Å². The number of aliphatic hydroxyl groups is 1. The van der Waals surface area contributed by atoms with Gasteiger partial charge >= 0.3 is 35.0 Å². The number of allylic oxidation sites excluding steroid dienone is 2. The van der Waals surface area contributed by atoms with Gasteiger partial charge in [-0.05, 0) is 74.6 Å². The van der Waals surface area contributed by atoms with Crippen LogP contribution in [-0.2, 0) is 19.1 Å². The number of fused-ring (bicyclic) bond motifs is 8. The monoisotopic (exact) mass is 740 g/mol. The SMILES string of the molecule is C=Cc1c2[n-]c(c1C)/C=C1\[N-]C(C3=c4[n-]/c(c(C)c4C(=O)[C@@H]3C(=O)OC)=C\c3cc(=C/O)/c([n-]3)=C/2)[C@@H](CCC(=O)OC/C=C(\C)CCCC(C)C)[C@@H]1C.[Mg+2]. The Kier molecular flexibility index (Phi) is 12.7. The van der Waals surface area contributed by atoms with Crippen molar-refractivity contribution in [3.63, 3.8) is 0 Å². The number of esters is 2. The summed E-state index contributed by atoms with van der Waals surface area (Å²) in [5.74, 6) is -2.38. The third-order valence-electron chi connectivity index (χ3n) is 10.9. The zero-order valence-electron chi connectivity index (χ0n) is 32.4. The summed E-state index contributed by atoms with van der Waals surface area (Å²) < 4.78 is 10.8. The van der Waals surface area contributed by atoms with Gasteiger partial charge in [-0.25, -0.2) is 0 Å². The standard InChI is InChI=1S/C43H48N4O6.Mg/c1-9-29-24(5)32-19-33-25(6)30(13-14-36(49)53-16-15-23(4)12-10-11-22(2)3)40(46-33)38-39(43(51)52-8)42(50)37-26(7)31(47-41(37)38)18-28-17-27(21-48)34(44-28)20-35(29)45-32;/h9,15,17-22,25,30,39-40H,1,10-14,16H2,2-8H3,(H,48,50);/q-4;+2/b23-15+,33-19-,34-20-;/t25-,30-,39+,40?;/m0./s1. The molecule has 0 aromatic carbocycles. The first kappa shape index (κ1) is 40.7. The maximum Gasteiger partial charge on any atom is 2.00 e. The number of nitrogens with zero attached hydrogens (tertiary/aromatic N) is 4. The molecule has 8 bridgehead atoms. The van der Waals surface area contributed by atoms with Gasteiger partial charge in [-0.3, -0.25) is 14.4 Å². The summed E-state index contributed by atoms with van der Waals surface area (Å²) in [4.78, 5) is 55.4. The van der Waals surface area contributed by atoms with Gasteiger partial charge in [-0.2, -0.15) is 5.70 Å². The molecule has 2 aliphatic heterocycles. The van der Waals surface area contributed by atoms with Gasteiger partial charge in [0.1, 0.15) is 12.5 Å². The Morgan fingerprint density at radius 1 is 1.04 bits per heavy atom. The Morgan fingerprint density at radius 3 is 2.48 bits per heavy atom. The Bertz CT molecular complexity index is 2280. The average Bonchev–Trinajstić information content (AvgIpc) is 3.89. The van der Waals surface area contributed by atoms with E-state index in [1.807, 2.05) is 25.2 Å². The van der Waals surface area contributed by atoms with E-state index in [1.54, 1.807) is 25.1 Å². The fraction of sp³-hybridized carbons (Fsp3) is 0.419. The molecule has 1 fully saturated rings. The predicted octanol–water partition coefficient (Wildman–Crippen LogP) is 3.99. The fourth-order valence-corrected chi connectivity index (χ4v) is 7.85. The van der Waals surface area contributed by atoms with E-state index in [0.29, 0.717) is 67.4 Å². The first-order valence-corrected chi connectivity index (χ1v) is 18.4. The zero-order chi connectivity index (χ0) is 38.1. The molecule has 3 aromatic rings. The Hall–Kier alpha value is -4.48. The van der Waals surface area contributed by atoms with Crippen LogP contribution in [0.1, 0.15) is 104 Å². The van der Waals surface area contributed by atoms with E-state index in [4.69, 9.17) is 29.7 Å². The van der Waals surface area contributed by atoms with Crippen molar-refractivity contribution in [2.24, 2.45) is 23.7 Å². The fourth-order valence-electron chi connectivity index (χ4n) is 7.85. The van der Waals surface area contributed by atoms with Crippen molar-refractivity contribution < 1.29 is 29.0 Å². The van der Waals surface area contributed by atoms with Crippen LogP contribution in [0.4, 0.5) is 0 Å². The number of aromatic nitrogens is 3. The molecular weight excluding hydrogens is 693 g/mol. The Balaban J connectivity index is 0.00000561. The van der Waals surface area contributed by atoms with Gasteiger partial charge in [-0.1, -0.05) is 92.5 Å². The largest absolute Gasteiger partial charge is 2.00 e. The summed E-state index contributed by atoms with van der Waals surface area (Å²) in [6.07, 6.45) is 14.0. The molecule has 11 heteroatoms.